The van der Waals surface area contributed by atoms with Gasteiger partial charge in [0.05, 0.1) is 12.7 Å². The van der Waals surface area contributed by atoms with E-state index < -0.39 is 34.8 Å². The van der Waals surface area contributed by atoms with Gasteiger partial charge in [-0.1, -0.05) is 43.7 Å². The van der Waals surface area contributed by atoms with Gasteiger partial charge < -0.3 is 9.47 Å². The van der Waals surface area contributed by atoms with Gasteiger partial charge in [0.1, 0.15) is 11.7 Å². The van der Waals surface area contributed by atoms with Crippen molar-refractivity contribution < 1.29 is 32.2 Å². The highest BCUT2D eigenvalue weighted by molar-refractivity contribution is 5.93. The summed E-state index contributed by atoms with van der Waals surface area (Å²) in [6.07, 6.45) is -4.39. The van der Waals surface area contributed by atoms with Crippen LogP contribution in [0, 0.1) is 12.3 Å². The van der Waals surface area contributed by atoms with Crippen molar-refractivity contribution in [1.29, 1.82) is 0 Å². The number of carbonyl (C=O) groups is 1. The SMILES string of the molecule is COC(=O)C1=C(C(F)(F)F)OC2=C(C(=C=O)CC(C)(C)C2)C1c1cccc(C)c1. The zero-order valence-corrected chi connectivity index (χ0v) is 16.6. The first-order chi connectivity index (χ1) is 13.5. The maximum atomic E-state index is 13.9. The second kappa shape index (κ2) is 7.23. The number of allylic oxidation sites excluding steroid dienone is 4. The van der Waals surface area contributed by atoms with E-state index in [1.807, 2.05) is 19.8 Å². The molecule has 0 aromatic heterocycles. The van der Waals surface area contributed by atoms with Gasteiger partial charge in [-0.15, -0.1) is 0 Å². The van der Waals surface area contributed by atoms with Gasteiger partial charge in [0.2, 0.25) is 5.76 Å². The van der Waals surface area contributed by atoms with Crippen LogP contribution in [-0.2, 0) is 19.1 Å². The summed E-state index contributed by atoms with van der Waals surface area (Å²) >= 11 is 0. The Balaban J connectivity index is 2.37. The zero-order chi connectivity index (χ0) is 21.6. The number of methoxy groups -OCH3 is 1. The van der Waals surface area contributed by atoms with Crippen LogP contribution in [0.25, 0.3) is 0 Å². The number of halogens is 3. The Labute approximate surface area is 166 Å². The molecule has 0 radical (unpaired) electrons. The van der Waals surface area contributed by atoms with E-state index in [1.165, 1.54) is 0 Å². The van der Waals surface area contributed by atoms with Crippen LogP contribution >= 0.6 is 0 Å². The maximum absolute atomic E-state index is 13.9. The normalized spacial score (nSPS) is 21.3. The average Bonchev–Trinajstić information content (AvgIpc) is 2.63. The van der Waals surface area contributed by atoms with E-state index >= 15 is 0 Å². The van der Waals surface area contributed by atoms with E-state index in [0.29, 0.717) is 12.0 Å². The first-order valence-electron chi connectivity index (χ1n) is 9.10. The van der Waals surface area contributed by atoms with Gasteiger partial charge in [-0.05, 0) is 24.3 Å². The highest BCUT2D eigenvalue weighted by Crippen LogP contribution is 2.54. The fraction of sp³-hybridized carbons (Fsp3) is 0.409. The number of hydrogen-bond acceptors (Lipinski definition) is 4. The van der Waals surface area contributed by atoms with E-state index in [4.69, 9.17) is 4.74 Å². The Morgan fingerprint density at radius 3 is 2.52 bits per heavy atom. The zero-order valence-electron chi connectivity index (χ0n) is 16.6. The van der Waals surface area contributed by atoms with Gasteiger partial charge in [0.15, 0.2) is 0 Å². The molecule has 1 unspecified atom stereocenters. The van der Waals surface area contributed by atoms with E-state index in [0.717, 1.165) is 12.7 Å². The van der Waals surface area contributed by atoms with Crippen LogP contribution in [0.15, 0.2) is 52.5 Å². The summed E-state index contributed by atoms with van der Waals surface area (Å²) in [4.78, 5) is 24.3. The third kappa shape index (κ3) is 3.87. The summed E-state index contributed by atoms with van der Waals surface area (Å²) < 4.78 is 51.6. The molecule has 1 aromatic carbocycles. The molecule has 3 rings (SSSR count). The maximum Gasteiger partial charge on any atom is 0.450 e. The summed E-state index contributed by atoms with van der Waals surface area (Å²) in [6.45, 7) is 5.47. The Hall–Kier alpha value is -2.79. The second-order valence-electron chi connectivity index (χ2n) is 8.12. The highest BCUT2D eigenvalue weighted by Gasteiger charge is 2.51. The molecule has 29 heavy (non-hydrogen) atoms. The van der Waals surface area contributed by atoms with Crippen LogP contribution in [0.1, 0.15) is 43.7 Å². The van der Waals surface area contributed by atoms with Crippen molar-refractivity contribution in [3.63, 3.8) is 0 Å². The number of rotatable bonds is 2. The first kappa shape index (κ1) is 20.9. The molecule has 4 nitrogen and oxygen atoms in total. The molecular formula is C22H21F3O4. The molecule has 0 saturated heterocycles. The second-order valence-corrected chi connectivity index (χ2v) is 8.12. The number of ether oxygens (including phenoxy) is 2. The molecule has 1 aromatic rings. The highest BCUT2D eigenvalue weighted by atomic mass is 19.4. The lowest BCUT2D eigenvalue weighted by molar-refractivity contribution is -0.143. The third-order valence-electron chi connectivity index (χ3n) is 5.13. The topological polar surface area (TPSA) is 52.6 Å². The summed E-state index contributed by atoms with van der Waals surface area (Å²) in [7, 11) is 1.01. The van der Waals surface area contributed by atoms with Crippen molar-refractivity contribution in [3.05, 3.63) is 63.6 Å². The van der Waals surface area contributed by atoms with Crippen LogP contribution in [0.3, 0.4) is 0 Å². The Bertz CT molecular complexity index is 976. The van der Waals surface area contributed by atoms with E-state index in [2.05, 4.69) is 4.74 Å². The summed E-state index contributed by atoms with van der Waals surface area (Å²) in [5.74, 6) is -1.74. The number of benzene rings is 1. The van der Waals surface area contributed by atoms with Gasteiger partial charge in [0, 0.05) is 23.5 Å². The van der Waals surface area contributed by atoms with Gasteiger partial charge in [-0.2, -0.15) is 13.2 Å². The standard InChI is InChI=1S/C22H21F3O4/c1-12-6-5-7-13(8-12)17-16-14(11-26)9-21(2,3)10-15(16)29-19(22(23,24)25)18(17)20(27)28-4/h5-8,17H,9-10H2,1-4H3. The quantitative estimate of drug-likeness (QED) is 0.516. The predicted octanol–water partition coefficient (Wildman–Crippen LogP) is 4.93. The molecular weight excluding hydrogens is 385 g/mol. The average molecular weight is 406 g/mol. The molecule has 7 heteroatoms. The lowest BCUT2D eigenvalue weighted by Crippen LogP contribution is -2.34. The fourth-order valence-electron chi connectivity index (χ4n) is 4.02. The Morgan fingerprint density at radius 2 is 1.97 bits per heavy atom. The van der Waals surface area contributed by atoms with Crippen molar-refractivity contribution in [3.8, 4) is 0 Å². The van der Waals surface area contributed by atoms with Crippen molar-refractivity contribution in [2.45, 2.75) is 45.7 Å². The molecule has 0 spiro atoms. The largest absolute Gasteiger partial charge is 0.466 e. The number of hydrogen-bond donors (Lipinski definition) is 0. The number of aryl methyl sites for hydroxylation is 1. The molecule has 0 N–H and O–H groups in total. The smallest absolute Gasteiger partial charge is 0.450 e. The number of alkyl halides is 3. The fourth-order valence-corrected chi connectivity index (χ4v) is 4.02. The monoisotopic (exact) mass is 406 g/mol. The van der Waals surface area contributed by atoms with Crippen LogP contribution in [0.2, 0.25) is 0 Å². The summed E-state index contributed by atoms with van der Waals surface area (Å²) in [5.41, 5.74) is 0.611. The summed E-state index contributed by atoms with van der Waals surface area (Å²) in [6, 6.07) is 6.82. The Kier molecular flexibility index (Phi) is 5.22. The van der Waals surface area contributed by atoms with Gasteiger partial charge in [-0.25, -0.2) is 9.59 Å². The number of carbonyl (C=O) groups excluding carboxylic acids is 2. The molecule has 1 heterocycles. The minimum atomic E-state index is -4.91. The molecule has 154 valence electrons. The molecule has 0 saturated carbocycles. The van der Waals surface area contributed by atoms with Gasteiger partial charge >= 0.3 is 12.1 Å². The van der Waals surface area contributed by atoms with E-state index in [1.54, 1.807) is 31.2 Å². The van der Waals surface area contributed by atoms with E-state index in [9.17, 15) is 22.8 Å². The van der Waals surface area contributed by atoms with Crippen LogP contribution in [-0.4, -0.2) is 25.2 Å². The molecule has 0 fully saturated rings. The van der Waals surface area contributed by atoms with Crippen molar-refractivity contribution in [2.24, 2.45) is 5.41 Å². The van der Waals surface area contributed by atoms with Gasteiger partial charge in [-0.3, -0.25) is 0 Å². The number of esters is 1. The molecule has 1 atom stereocenters. The lowest BCUT2D eigenvalue weighted by atomic mass is 9.68. The Morgan fingerprint density at radius 1 is 1.28 bits per heavy atom. The molecule has 1 aliphatic carbocycles. The lowest BCUT2D eigenvalue weighted by Gasteiger charge is -2.40. The van der Waals surface area contributed by atoms with Crippen molar-refractivity contribution >= 4 is 11.9 Å². The molecule has 1 aliphatic heterocycles. The third-order valence-corrected chi connectivity index (χ3v) is 5.13. The van der Waals surface area contributed by atoms with Crippen LogP contribution < -0.4 is 0 Å². The molecule has 0 bridgehead atoms. The van der Waals surface area contributed by atoms with Crippen LogP contribution in [0.5, 0.6) is 0 Å². The van der Waals surface area contributed by atoms with Crippen molar-refractivity contribution in [1.82, 2.24) is 0 Å². The summed E-state index contributed by atoms with van der Waals surface area (Å²) in [5, 5.41) is 0. The first-order valence-corrected chi connectivity index (χ1v) is 9.10. The predicted molar refractivity (Wildman–Crippen MR) is 99.3 cm³/mol. The minimum absolute atomic E-state index is 0.0473. The van der Waals surface area contributed by atoms with Gasteiger partial charge in [0.25, 0.3) is 0 Å². The van der Waals surface area contributed by atoms with Crippen LogP contribution in [0.4, 0.5) is 13.2 Å². The minimum Gasteiger partial charge on any atom is -0.466 e. The molecule has 2 aliphatic rings. The molecule has 0 amide bonds. The van der Waals surface area contributed by atoms with E-state index in [-0.39, 0.29) is 23.3 Å². The van der Waals surface area contributed by atoms with Crippen molar-refractivity contribution in [2.75, 3.05) is 7.11 Å².